The fourth-order valence-corrected chi connectivity index (χ4v) is 3.20. The maximum atomic E-state index is 11.0. The number of furan rings is 1. The average Bonchev–Trinajstić information content (AvgIpc) is 3.03. The second-order valence-corrected chi connectivity index (χ2v) is 6.05. The van der Waals surface area contributed by atoms with Gasteiger partial charge in [0.25, 0.3) is 0 Å². The fourth-order valence-electron chi connectivity index (χ4n) is 2.00. The quantitative estimate of drug-likeness (QED) is 0.648. The molecule has 0 aliphatic rings. The number of ether oxygens (including phenoxy) is 1. The molecule has 0 bridgehead atoms. The fraction of sp³-hybridized carbons (Fsp3) is 0.200. The Morgan fingerprint density at radius 1 is 1.38 bits per heavy atom. The van der Waals surface area contributed by atoms with Gasteiger partial charge in [0.15, 0.2) is 16.9 Å². The lowest BCUT2D eigenvalue weighted by Crippen LogP contribution is -2.03. The van der Waals surface area contributed by atoms with Crippen molar-refractivity contribution < 1.29 is 13.9 Å². The van der Waals surface area contributed by atoms with Gasteiger partial charge in [-0.15, -0.1) is 11.3 Å². The largest absolute Gasteiger partial charge is 0.455 e. The van der Waals surface area contributed by atoms with Crippen LogP contribution in [0.3, 0.4) is 0 Å². The number of nitrogens with zero attached hydrogens (tertiary/aromatic N) is 1. The first-order valence-electron chi connectivity index (χ1n) is 6.36. The van der Waals surface area contributed by atoms with E-state index in [1.54, 1.807) is 13.0 Å². The molecule has 1 atom stereocenters. The standard InChI is InChI=1S/C15H12ClNO3S/c1-8(19-9(2)18)12-5-6-13(20-12)15-17-11-4-3-10(16)7-14(11)21-15/h3-8H,1-2H3/t8-/m1/s1. The van der Waals surface area contributed by atoms with Crippen LogP contribution in [-0.4, -0.2) is 11.0 Å². The third kappa shape index (κ3) is 2.94. The SMILES string of the molecule is CC(=O)O[C@H](C)c1ccc(-c2nc3ccc(Cl)cc3s2)o1. The Labute approximate surface area is 130 Å². The van der Waals surface area contributed by atoms with Gasteiger partial charge >= 0.3 is 5.97 Å². The van der Waals surface area contributed by atoms with Gasteiger partial charge in [0, 0.05) is 11.9 Å². The van der Waals surface area contributed by atoms with E-state index in [4.69, 9.17) is 20.8 Å². The molecular formula is C15H12ClNO3S. The molecule has 2 heterocycles. The van der Waals surface area contributed by atoms with Crippen molar-refractivity contribution in [1.82, 2.24) is 4.98 Å². The van der Waals surface area contributed by atoms with Gasteiger partial charge in [-0.3, -0.25) is 4.79 Å². The summed E-state index contributed by atoms with van der Waals surface area (Å²) in [7, 11) is 0. The number of carbonyl (C=O) groups is 1. The highest BCUT2D eigenvalue weighted by atomic mass is 35.5. The number of benzene rings is 1. The summed E-state index contributed by atoms with van der Waals surface area (Å²) in [6.45, 7) is 3.14. The van der Waals surface area contributed by atoms with Crippen LogP contribution in [0.15, 0.2) is 34.7 Å². The van der Waals surface area contributed by atoms with Gasteiger partial charge < -0.3 is 9.15 Å². The lowest BCUT2D eigenvalue weighted by Gasteiger charge is -2.07. The molecule has 0 aliphatic carbocycles. The van der Waals surface area contributed by atoms with Gasteiger partial charge in [-0.05, 0) is 37.3 Å². The molecule has 3 rings (SSSR count). The Kier molecular flexibility index (Phi) is 3.69. The van der Waals surface area contributed by atoms with Gasteiger partial charge in [0.05, 0.1) is 10.2 Å². The van der Waals surface area contributed by atoms with E-state index in [-0.39, 0.29) is 5.97 Å². The van der Waals surface area contributed by atoms with Crippen LogP contribution in [0.2, 0.25) is 5.02 Å². The summed E-state index contributed by atoms with van der Waals surface area (Å²) in [5.41, 5.74) is 0.880. The second kappa shape index (κ2) is 5.50. The first kappa shape index (κ1) is 14.1. The molecule has 2 aromatic heterocycles. The number of rotatable bonds is 3. The summed E-state index contributed by atoms with van der Waals surface area (Å²) in [5.74, 6) is 0.911. The third-order valence-corrected chi connectivity index (χ3v) is 4.20. The monoisotopic (exact) mass is 321 g/mol. The van der Waals surface area contributed by atoms with Crippen LogP contribution in [0.5, 0.6) is 0 Å². The van der Waals surface area contributed by atoms with Crippen LogP contribution in [0, 0.1) is 0 Å². The average molecular weight is 322 g/mol. The van der Waals surface area contributed by atoms with Crippen LogP contribution in [0.25, 0.3) is 21.0 Å². The maximum absolute atomic E-state index is 11.0. The Hall–Kier alpha value is -1.85. The van der Waals surface area contributed by atoms with Crippen molar-refractivity contribution in [2.24, 2.45) is 0 Å². The molecule has 0 fully saturated rings. The van der Waals surface area contributed by atoms with Crippen molar-refractivity contribution in [2.45, 2.75) is 20.0 Å². The Balaban J connectivity index is 1.92. The molecule has 1 aromatic carbocycles. The number of thiazole rings is 1. The van der Waals surface area contributed by atoms with E-state index >= 15 is 0 Å². The summed E-state index contributed by atoms with van der Waals surface area (Å²) >= 11 is 7.48. The van der Waals surface area contributed by atoms with Gasteiger partial charge in [0.1, 0.15) is 5.76 Å². The lowest BCUT2D eigenvalue weighted by atomic mass is 10.3. The molecule has 0 radical (unpaired) electrons. The van der Waals surface area contributed by atoms with Crippen LogP contribution in [0.1, 0.15) is 25.7 Å². The number of aromatic nitrogens is 1. The molecule has 108 valence electrons. The van der Waals surface area contributed by atoms with Crippen LogP contribution < -0.4 is 0 Å². The molecule has 6 heteroatoms. The van der Waals surface area contributed by atoms with Crippen LogP contribution >= 0.6 is 22.9 Å². The van der Waals surface area contributed by atoms with Gasteiger partial charge in [-0.25, -0.2) is 4.98 Å². The molecule has 3 aromatic rings. The zero-order chi connectivity index (χ0) is 15.0. The predicted octanol–water partition coefficient (Wildman–Crippen LogP) is 4.83. The molecular weight excluding hydrogens is 310 g/mol. The number of carbonyl (C=O) groups excluding carboxylic acids is 1. The topological polar surface area (TPSA) is 52.3 Å². The Morgan fingerprint density at radius 2 is 2.19 bits per heavy atom. The Morgan fingerprint density at radius 3 is 2.95 bits per heavy atom. The van der Waals surface area contributed by atoms with Gasteiger partial charge in [0.2, 0.25) is 0 Å². The summed E-state index contributed by atoms with van der Waals surface area (Å²) in [6.07, 6.45) is -0.417. The summed E-state index contributed by atoms with van der Waals surface area (Å²) in [5, 5.41) is 1.45. The van der Waals surface area contributed by atoms with E-state index in [0.717, 1.165) is 15.2 Å². The third-order valence-electron chi connectivity index (χ3n) is 2.93. The molecule has 21 heavy (non-hydrogen) atoms. The van der Waals surface area contributed by atoms with Gasteiger partial charge in [-0.1, -0.05) is 11.6 Å². The lowest BCUT2D eigenvalue weighted by molar-refractivity contribution is -0.146. The van der Waals surface area contributed by atoms with Crippen molar-refractivity contribution in [3.05, 3.63) is 41.1 Å². The van der Waals surface area contributed by atoms with Gasteiger partial charge in [-0.2, -0.15) is 0 Å². The number of halogens is 1. The maximum Gasteiger partial charge on any atom is 0.303 e. The second-order valence-electron chi connectivity index (χ2n) is 4.58. The van der Waals surface area contributed by atoms with E-state index in [1.165, 1.54) is 18.3 Å². The summed E-state index contributed by atoms with van der Waals surface area (Å²) < 4.78 is 11.8. The highest BCUT2D eigenvalue weighted by molar-refractivity contribution is 7.21. The van der Waals surface area contributed by atoms with Crippen LogP contribution in [-0.2, 0) is 9.53 Å². The summed E-state index contributed by atoms with van der Waals surface area (Å²) in [6, 6.07) is 9.19. The number of hydrogen-bond donors (Lipinski definition) is 0. The molecule has 0 N–H and O–H groups in total. The Bertz CT molecular complexity index is 808. The molecule has 0 aliphatic heterocycles. The minimum absolute atomic E-state index is 0.338. The minimum atomic E-state index is -0.417. The first-order valence-corrected chi connectivity index (χ1v) is 7.56. The predicted molar refractivity (Wildman–Crippen MR) is 82.5 cm³/mol. The van der Waals surface area contributed by atoms with Crippen molar-refractivity contribution in [2.75, 3.05) is 0 Å². The van der Waals surface area contributed by atoms with Crippen molar-refractivity contribution in [1.29, 1.82) is 0 Å². The van der Waals surface area contributed by atoms with E-state index in [0.29, 0.717) is 16.5 Å². The molecule has 0 spiro atoms. The van der Waals surface area contributed by atoms with Crippen molar-refractivity contribution >= 4 is 39.1 Å². The number of hydrogen-bond acceptors (Lipinski definition) is 5. The molecule has 0 amide bonds. The van der Waals surface area contributed by atoms with E-state index in [1.807, 2.05) is 24.3 Å². The highest BCUT2D eigenvalue weighted by Crippen LogP contribution is 2.34. The first-order chi connectivity index (χ1) is 10.0. The minimum Gasteiger partial charge on any atom is -0.455 e. The molecule has 0 unspecified atom stereocenters. The zero-order valence-electron chi connectivity index (χ0n) is 11.4. The molecule has 0 saturated heterocycles. The van der Waals surface area contributed by atoms with E-state index in [9.17, 15) is 4.79 Å². The molecule has 0 saturated carbocycles. The smallest absolute Gasteiger partial charge is 0.303 e. The normalized spacial score (nSPS) is 12.5. The molecule has 4 nitrogen and oxygen atoms in total. The number of esters is 1. The number of fused-ring (bicyclic) bond motifs is 1. The van der Waals surface area contributed by atoms with Crippen LogP contribution in [0.4, 0.5) is 0 Å². The zero-order valence-corrected chi connectivity index (χ0v) is 13.0. The van der Waals surface area contributed by atoms with Crippen molar-refractivity contribution in [3.8, 4) is 10.8 Å². The van der Waals surface area contributed by atoms with Crippen molar-refractivity contribution in [3.63, 3.8) is 0 Å². The van der Waals surface area contributed by atoms with E-state index in [2.05, 4.69) is 4.98 Å². The highest BCUT2D eigenvalue weighted by Gasteiger charge is 2.16. The van der Waals surface area contributed by atoms with E-state index < -0.39 is 6.10 Å². The summed E-state index contributed by atoms with van der Waals surface area (Å²) in [4.78, 5) is 15.5.